The van der Waals surface area contributed by atoms with Gasteiger partial charge in [-0.25, -0.2) is 11.1 Å². The molecule has 0 saturated heterocycles. The maximum atomic E-state index is 12.2. The van der Waals surface area contributed by atoms with Crippen LogP contribution in [-0.2, 0) is 24.9 Å². The van der Waals surface area contributed by atoms with Crippen LogP contribution >= 0.6 is 0 Å². The topological polar surface area (TPSA) is 72.3 Å². The molecule has 0 atom stereocenters. The summed E-state index contributed by atoms with van der Waals surface area (Å²) in [6.45, 7) is 12.1. The van der Waals surface area contributed by atoms with Crippen LogP contribution in [0.4, 0.5) is 0 Å². The molecule has 0 aliphatic heterocycles. The molecule has 3 rings (SSSR count). The quantitative estimate of drug-likeness (QED) is 0.145. The van der Waals surface area contributed by atoms with E-state index in [0.29, 0.717) is 11.8 Å². The van der Waals surface area contributed by atoms with Crippen LogP contribution in [0, 0.1) is 16.9 Å². The first kappa shape index (κ1) is 30.5. The Kier molecular flexibility index (Phi) is 12.3. The Hall–Kier alpha value is -2.56. The second-order valence-electron chi connectivity index (χ2n) is 8.99. The zero-order valence-electron chi connectivity index (χ0n) is 21.6. The van der Waals surface area contributed by atoms with Crippen molar-refractivity contribution in [1.82, 2.24) is 9.97 Å². The summed E-state index contributed by atoms with van der Waals surface area (Å²) in [5.74, 6) is 1.24. The van der Waals surface area contributed by atoms with Crippen LogP contribution in [0.5, 0.6) is 11.8 Å². The van der Waals surface area contributed by atoms with E-state index in [4.69, 9.17) is 4.74 Å². The number of aliphatic hydroxyl groups is 1. The van der Waals surface area contributed by atoms with Crippen molar-refractivity contribution in [3.63, 3.8) is 0 Å². The van der Waals surface area contributed by atoms with Crippen LogP contribution in [-0.4, -0.2) is 20.9 Å². The van der Waals surface area contributed by atoms with Crippen molar-refractivity contribution in [2.75, 3.05) is 0 Å². The summed E-state index contributed by atoms with van der Waals surface area (Å²) < 4.78 is 5.51. The Labute approximate surface area is 223 Å². The standard InChI is InChI=1S/C15H28O2.C14H9N2O.Ir/c1-7-14(5,8-2)12(16)11-13(17)15(6,9-3)10-4;1-2-6-12-10-16-14(9-11(12)5-1)17-13-7-3-4-8-15-13;/h11,16H,7-10H2,1-6H3;1-6,8-10H;/q;-1;/b12-11-;;. The number of aromatic nitrogens is 2. The van der Waals surface area contributed by atoms with Gasteiger partial charge in [0, 0.05) is 54.7 Å². The van der Waals surface area contributed by atoms with Gasteiger partial charge in [0.25, 0.3) is 0 Å². The number of ether oxygens (including phenoxy) is 1. The van der Waals surface area contributed by atoms with Crippen molar-refractivity contribution in [1.29, 1.82) is 0 Å². The molecule has 2 aromatic heterocycles. The largest absolute Gasteiger partial charge is 0.512 e. The monoisotopic (exact) mass is 654 g/mol. The number of nitrogens with zero attached hydrogens (tertiary/aromatic N) is 2. The fourth-order valence-corrected chi connectivity index (χ4v) is 3.27. The summed E-state index contributed by atoms with van der Waals surface area (Å²) in [5, 5.41) is 12.3. The van der Waals surface area contributed by atoms with Crippen molar-refractivity contribution < 1.29 is 34.7 Å². The third kappa shape index (κ3) is 8.26. The van der Waals surface area contributed by atoms with Gasteiger partial charge in [-0.1, -0.05) is 72.0 Å². The first-order chi connectivity index (χ1) is 16.2. The number of pyridine rings is 2. The Balaban J connectivity index is 0.000000340. The third-order valence-electron chi connectivity index (χ3n) is 6.99. The first-order valence-corrected chi connectivity index (χ1v) is 12.0. The Morgan fingerprint density at radius 1 is 0.971 bits per heavy atom. The van der Waals surface area contributed by atoms with Crippen LogP contribution in [0.1, 0.15) is 67.2 Å². The molecular weight excluding hydrogens is 617 g/mol. The van der Waals surface area contributed by atoms with Gasteiger partial charge in [0.1, 0.15) is 11.6 Å². The summed E-state index contributed by atoms with van der Waals surface area (Å²) >= 11 is 0. The van der Waals surface area contributed by atoms with E-state index in [-0.39, 0.29) is 42.5 Å². The molecular formula is C29H37IrN2O3-. The van der Waals surface area contributed by atoms with Crippen LogP contribution in [0.2, 0.25) is 0 Å². The fraction of sp³-hybridized carbons (Fsp3) is 0.414. The Bertz CT molecular complexity index is 1090. The molecule has 0 saturated carbocycles. The van der Waals surface area contributed by atoms with Crippen molar-refractivity contribution in [3.8, 4) is 11.8 Å². The maximum absolute atomic E-state index is 12.2. The van der Waals surface area contributed by atoms with Gasteiger partial charge in [-0.05, 0) is 31.1 Å². The molecule has 6 heteroatoms. The number of hydrogen-bond donors (Lipinski definition) is 1. The van der Waals surface area contributed by atoms with E-state index in [1.165, 1.54) is 6.08 Å². The van der Waals surface area contributed by atoms with Crippen LogP contribution < -0.4 is 4.74 Å². The molecule has 0 bridgehead atoms. The minimum Gasteiger partial charge on any atom is -0.512 e. The number of fused-ring (bicyclic) bond motifs is 1. The van der Waals surface area contributed by atoms with Crippen molar-refractivity contribution in [2.24, 2.45) is 10.8 Å². The molecule has 0 spiro atoms. The summed E-state index contributed by atoms with van der Waals surface area (Å²) in [5.41, 5.74) is -0.603. The number of hydrogen-bond acceptors (Lipinski definition) is 5. The zero-order chi connectivity index (χ0) is 25.2. The number of carbonyl (C=O) groups excluding carboxylic acids is 1. The van der Waals surface area contributed by atoms with E-state index >= 15 is 0 Å². The fourth-order valence-electron chi connectivity index (χ4n) is 3.27. The van der Waals surface area contributed by atoms with Gasteiger partial charge in [0.05, 0.1) is 0 Å². The van der Waals surface area contributed by atoms with Crippen molar-refractivity contribution >= 4 is 16.6 Å². The zero-order valence-corrected chi connectivity index (χ0v) is 24.0. The number of benzene rings is 1. The minimum atomic E-state index is -0.337. The van der Waals surface area contributed by atoms with E-state index in [0.717, 1.165) is 36.5 Å². The van der Waals surface area contributed by atoms with Crippen molar-refractivity contribution in [2.45, 2.75) is 67.2 Å². The van der Waals surface area contributed by atoms with Gasteiger partial charge < -0.3 is 9.84 Å². The maximum Gasteiger partial charge on any atom is 0.219 e. The van der Waals surface area contributed by atoms with E-state index in [1.807, 2.05) is 71.9 Å². The van der Waals surface area contributed by atoms with Crippen LogP contribution in [0.15, 0.2) is 66.7 Å². The summed E-state index contributed by atoms with van der Waals surface area (Å²) in [6.07, 6.45) is 8.20. The molecule has 2 heterocycles. The van der Waals surface area contributed by atoms with E-state index < -0.39 is 0 Å². The molecule has 0 unspecified atom stereocenters. The molecule has 35 heavy (non-hydrogen) atoms. The minimum absolute atomic E-state index is 0. The normalized spacial score (nSPS) is 11.8. The Morgan fingerprint density at radius 3 is 2.11 bits per heavy atom. The van der Waals surface area contributed by atoms with E-state index in [9.17, 15) is 9.90 Å². The first-order valence-electron chi connectivity index (χ1n) is 12.0. The van der Waals surface area contributed by atoms with Gasteiger partial charge in [-0.3, -0.25) is 9.78 Å². The molecule has 0 fully saturated rings. The molecule has 0 amide bonds. The average molecular weight is 654 g/mol. The molecule has 1 N–H and O–H groups in total. The molecule has 3 aromatic rings. The number of rotatable bonds is 9. The third-order valence-corrected chi connectivity index (χ3v) is 6.99. The number of ketones is 1. The van der Waals surface area contributed by atoms with Crippen LogP contribution in [0.25, 0.3) is 10.8 Å². The van der Waals surface area contributed by atoms with Gasteiger partial charge >= 0.3 is 0 Å². The van der Waals surface area contributed by atoms with E-state index in [2.05, 4.69) is 16.0 Å². The van der Waals surface area contributed by atoms with Gasteiger partial charge in [0.2, 0.25) is 5.88 Å². The van der Waals surface area contributed by atoms with Crippen LogP contribution in [0.3, 0.4) is 0 Å². The molecule has 0 aliphatic rings. The predicted octanol–water partition coefficient (Wildman–Crippen LogP) is 7.87. The molecule has 1 aromatic carbocycles. The molecule has 191 valence electrons. The van der Waals surface area contributed by atoms with Gasteiger partial charge in [0.15, 0.2) is 5.78 Å². The Morgan fingerprint density at radius 2 is 1.57 bits per heavy atom. The summed E-state index contributed by atoms with van der Waals surface area (Å²) in [4.78, 5) is 20.4. The van der Waals surface area contributed by atoms with Crippen molar-refractivity contribution in [3.05, 3.63) is 72.8 Å². The predicted molar refractivity (Wildman–Crippen MR) is 138 cm³/mol. The number of aliphatic hydroxyl groups excluding tert-OH is 1. The number of carbonyl (C=O) groups is 1. The summed E-state index contributed by atoms with van der Waals surface area (Å²) in [6, 6.07) is 16.3. The van der Waals surface area contributed by atoms with Gasteiger partial charge in [-0.15, -0.1) is 0 Å². The van der Waals surface area contributed by atoms with Gasteiger partial charge in [-0.2, -0.15) is 12.1 Å². The molecule has 1 radical (unpaired) electrons. The average Bonchev–Trinajstić information content (AvgIpc) is 2.88. The molecule has 5 nitrogen and oxygen atoms in total. The smallest absolute Gasteiger partial charge is 0.219 e. The number of allylic oxidation sites excluding steroid dienone is 2. The van der Waals surface area contributed by atoms with E-state index in [1.54, 1.807) is 24.5 Å². The molecule has 0 aliphatic carbocycles. The second-order valence-corrected chi connectivity index (χ2v) is 8.99. The SMILES string of the molecule is CCC(C)(CC)C(=O)/C=C(\O)C(C)(CC)CC.[Ir].[c-]1cccnc1Oc1cc2ccccc2cn1. The second kappa shape index (κ2) is 14.1. The summed E-state index contributed by atoms with van der Waals surface area (Å²) in [7, 11) is 0.